The van der Waals surface area contributed by atoms with Crippen LogP contribution in [-0.2, 0) is 21.2 Å². The van der Waals surface area contributed by atoms with Crippen molar-refractivity contribution in [2.24, 2.45) is 0 Å². The zero-order valence-electron chi connectivity index (χ0n) is 13.2. The number of carbonyl (C=O) groups is 1. The van der Waals surface area contributed by atoms with E-state index < -0.39 is 16.1 Å². The Balaban J connectivity index is 1.56. The number of amides is 1. The number of para-hydroxylation sites is 1. The van der Waals surface area contributed by atoms with E-state index in [1.165, 1.54) is 0 Å². The molecule has 1 fully saturated rings. The third-order valence-electron chi connectivity index (χ3n) is 4.38. The summed E-state index contributed by atoms with van der Waals surface area (Å²) in [5.41, 5.74) is 1.15. The number of benzene rings is 1. The van der Waals surface area contributed by atoms with Crippen molar-refractivity contribution in [1.82, 2.24) is 9.62 Å². The number of nitrogens with one attached hydrogen (secondary N) is 1. The average Bonchev–Trinajstić information content (AvgIpc) is 2.53. The van der Waals surface area contributed by atoms with E-state index in [2.05, 4.69) is 4.72 Å². The first-order valence-electron chi connectivity index (χ1n) is 7.93. The summed E-state index contributed by atoms with van der Waals surface area (Å²) in [4.78, 5) is 14.4. The van der Waals surface area contributed by atoms with Gasteiger partial charge in [0.1, 0.15) is 5.75 Å². The Morgan fingerprint density at radius 2 is 1.91 bits per heavy atom. The molecule has 126 valence electrons. The molecule has 1 aromatic carbocycles. The zero-order chi connectivity index (χ0) is 16.4. The van der Waals surface area contributed by atoms with Crippen LogP contribution >= 0.6 is 0 Å². The third-order valence-corrected chi connectivity index (χ3v) is 5.14. The van der Waals surface area contributed by atoms with Gasteiger partial charge in [0, 0.05) is 19.1 Å². The second-order valence-corrected chi connectivity index (χ2v) is 8.02. The molecular formula is C16H22N2O4S. The van der Waals surface area contributed by atoms with E-state index in [0.717, 1.165) is 24.0 Å². The summed E-state index contributed by atoms with van der Waals surface area (Å²) in [6.07, 6.45) is 3.56. The number of carbonyl (C=O) groups excluding carboxylic acids is 1. The van der Waals surface area contributed by atoms with Crippen molar-refractivity contribution in [3.05, 3.63) is 29.8 Å². The molecule has 0 aromatic heterocycles. The number of rotatable bonds is 3. The molecule has 0 saturated carbocycles. The number of sulfonamides is 1. The topological polar surface area (TPSA) is 75.7 Å². The summed E-state index contributed by atoms with van der Waals surface area (Å²) in [7, 11) is -3.19. The van der Waals surface area contributed by atoms with Crippen LogP contribution in [-0.4, -0.2) is 50.7 Å². The van der Waals surface area contributed by atoms with Crippen LogP contribution in [0.5, 0.6) is 5.75 Å². The summed E-state index contributed by atoms with van der Waals surface area (Å²) < 4.78 is 31.0. The minimum atomic E-state index is -3.19. The molecule has 0 spiro atoms. The van der Waals surface area contributed by atoms with Gasteiger partial charge < -0.3 is 9.64 Å². The lowest BCUT2D eigenvalue weighted by molar-refractivity contribution is -0.140. The van der Waals surface area contributed by atoms with Crippen LogP contribution in [0.1, 0.15) is 24.8 Å². The van der Waals surface area contributed by atoms with Gasteiger partial charge in [-0.1, -0.05) is 18.2 Å². The molecule has 1 N–H and O–H groups in total. The highest BCUT2D eigenvalue weighted by molar-refractivity contribution is 7.88. The zero-order valence-corrected chi connectivity index (χ0v) is 14.0. The first kappa shape index (κ1) is 16.3. The Kier molecular flexibility index (Phi) is 4.59. The SMILES string of the molecule is CS(=O)(=O)NC1CCN(C(=O)[C@H]2CCc3ccccc3O2)CC1. The van der Waals surface area contributed by atoms with Gasteiger partial charge >= 0.3 is 0 Å². The molecule has 0 aliphatic carbocycles. The third kappa shape index (κ3) is 4.03. The molecule has 0 bridgehead atoms. The first-order chi connectivity index (χ1) is 10.9. The number of piperidine rings is 1. The van der Waals surface area contributed by atoms with E-state index in [0.29, 0.717) is 32.4 Å². The van der Waals surface area contributed by atoms with Crippen LogP contribution in [0.3, 0.4) is 0 Å². The molecule has 2 heterocycles. The van der Waals surface area contributed by atoms with Gasteiger partial charge in [-0.2, -0.15) is 0 Å². The number of hydrogen-bond donors (Lipinski definition) is 1. The fourth-order valence-corrected chi connectivity index (χ4v) is 4.06. The fourth-order valence-electron chi connectivity index (χ4n) is 3.22. The highest BCUT2D eigenvalue weighted by Gasteiger charge is 2.32. The lowest BCUT2D eigenvalue weighted by atomic mass is 10.00. The van der Waals surface area contributed by atoms with Crippen LogP contribution in [0, 0.1) is 0 Å². The molecule has 7 heteroatoms. The van der Waals surface area contributed by atoms with Crippen molar-refractivity contribution in [2.45, 2.75) is 37.8 Å². The summed E-state index contributed by atoms with van der Waals surface area (Å²) >= 11 is 0. The van der Waals surface area contributed by atoms with Gasteiger partial charge in [0.05, 0.1) is 6.26 Å². The smallest absolute Gasteiger partial charge is 0.263 e. The maximum atomic E-state index is 12.6. The monoisotopic (exact) mass is 338 g/mol. The summed E-state index contributed by atoms with van der Waals surface area (Å²) in [6, 6.07) is 7.73. The van der Waals surface area contributed by atoms with Crippen molar-refractivity contribution in [3.63, 3.8) is 0 Å². The number of ether oxygens (including phenoxy) is 1. The Labute approximate surface area is 136 Å². The standard InChI is InChI=1S/C16H22N2O4S/c1-23(20,21)17-13-8-10-18(11-9-13)16(19)15-7-6-12-4-2-3-5-14(12)22-15/h2-5,13,15,17H,6-11H2,1H3/t15-/m1/s1. The number of likely N-dealkylation sites (tertiary alicyclic amines) is 1. The van der Waals surface area contributed by atoms with Crippen molar-refractivity contribution < 1.29 is 17.9 Å². The molecule has 1 aromatic rings. The van der Waals surface area contributed by atoms with Gasteiger partial charge in [-0.3, -0.25) is 4.79 Å². The second kappa shape index (κ2) is 6.49. The molecule has 2 aliphatic rings. The van der Waals surface area contributed by atoms with E-state index in [9.17, 15) is 13.2 Å². The largest absolute Gasteiger partial charge is 0.480 e. The van der Waals surface area contributed by atoms with Gasteiger partial charge in [0.25, 0.3) is 5.91 Å². The first-order valence-corrected chi connectivity index (χ1v) is 9.82. The van der Waals surface area contributed by atoms with E-state index in [4.69, 9.17) is 4.74 Å². The maximum absolute atomic E-state index is 12.6. The number of aryl methyl sites for hydroxylation is 1. The molecule has 1 saturated heterocycles. The number of nitrogens with zero attached hydrogens (tertiary/aromatic N) is 1. The fraction of sp³-hybridized carbons (Fsp3) is 0.562. The molecule has 0 unspecified atom stereocenters. The van der Waals surface area contributed by atoms with E-state index in [1.807, 2.05) is 24.3 Å². The van der Waals surface area contributed by atoms with Crippen molar-refractivity contribution in [1.29, 1.82) is 0 Å². The van der Waals surface area contributed by atoms with E-state index in [1.54, 1.807) is 4.90 Å². The quantitative estimate of drug-likeness (QED) is 0.889. The van der Waals surface area contributed by atoms with Crippen molar-refractivity contribution in [2.75, 3.05) is 19.3 Å². The summed E-state index contributed by atoms with van der Waals surface area (Å²) in [6.45, 7) is 1.13. The molecular weight excluding hydrogens is 316 g/mol. The van der Waals surface area contributed by atoms with Gasteiger partial charge in [-0.05, 0) is 37.3 Å². The molecule has 0 radical (unpaired) electrons. The molecule has 3 rings (SSSR count). The summed E-state index contributed by atoms with van der Waals surface area (Å²) in [5.74, 6) is 0.808. The van der Waals surface area contributed by atoms with Crippen LogP contribution in [0.25, 0.3) is 0 Å². The summed E-state index contributed by atoms with van der Waals surface area (Å²) in [5, 5.41) is 0. The Hall–Kier alpha value is -1.60. The van der Waals surface area contributed by atoms with Crippen LogP contribution in [0.4, 0.5) is 0 Å². The Morgan fingerprint density at radius 3 is 2.61 bits per heavy atom. The second-order valence-electron chi connectivity index (χ2n) is 6.24. The minimum Gasteiger partial charge on any atom is -0.480 e. The molecule has 1 amide bonds. The van der Waals surface area contributed by atoms with Crippen molar-refractivity contribution in [3.8, 4) is 5.75 Å². The predicted octanol–water partition coefficient (Wildman–Crippen LogP) is 0.920. The minimum absolute atomic E-state index is 0.0114. The molecule has 6 nitrogen and oxygen atoms in total. The van der Waals surface area contributed by atoms with Crippen LogP contribution < -0.4 is 9.46 Å². The molecule has 2 aliphatic heterocycles. The van der Waals surface area contributed by atoms with Gasteiger partial charge in [-0.15, -0.1) is 0 Å². The normalized spacial score (nSPS) is 22.3. The van der Waals surface area contributed by atoms with E-state index >= 15 is 0 Å². The van der Waals surface area contributed by atoms with Crippen LogP contribution in [0.15, 0.2) is 24.3 Å². The van der Waals surface area contributed by atoms with Gasteiger partial charge in [0.15, 0.2) is 6.10 Å². The number of hydrogen-bond acceptors (Lipinski definition) is 4. The maximum Gasteiger partial charge on any atom is 0.263 e. The van der Waals surface area contributed by atoms with Gasteiger partial charge in [0.2, 0.25) is 10.0 Å². The highest BCUT2D eigenvalue weighted by Crippen LogP contribution is 2.28. The van der Waals surface area contributed by atoms with E-state index in [-0.39, 0.29) is 11.9 Å². The lowest BCUT2D eigenvalue weighted by Crippen LogP contribution is -2.50. The lowest BCUT2D eigenvalue weighted by Gasteiger charge is -2.35. The predicted molar refractivity (Wildman–Crippen MR) is 86.8 cm³/mol. The highest BCUT2D eigenvalue weighted by atomic mass is 32.2. The average molecular weight is 338 g/mol. The number of fused-ring (bicyclic) bond motifs is 1. The van der Waals surface area contributed by atoms with Crippen LogP contribution in [0.2, 0.25) is 0 Å². The molecule has 23 heavy (non-hydrogen) atoms. The van der Waals surface area contributed by atoms with Crippen molar-refractivity contribution >= 4 is 15.9 Å². The Bertz CT molecular complexity index is 681. The van der Waals surface area contributed by atoms with Gasteiger partial charge in [-0.25, -0.2) is 13.1 Å². The molecule has 1 atom stereocenters. The Morgan fingerprint density at radius 1 is 1.22 bits per heavy atom.